The average Bonchev–Trinajstić information content (AvgIpc) is 2.95. The number of hydrogen-bond acceptors (Lipinski definition) is 7. The van der Waals surface area contributed by atoms with E-state index < -0.39 is 5.92 Å². The highest BCUT2D eigenvalue weighted by Crippen LogP contribution is 2.47. The number of nitrogens with zero attached hydrogens (tertiary/aromatic N) is 2. The smallest absolute Gasteiger partial charge is 0.259 e. The van der Waals surface area contributed by atoms with Gasteiger partial charge in [0.15, 0.2) is 23.9 Å². The van der Waals surface area contributed by atoms with Gasteiger partial charge in [-0.2, -0.15) is 5.26 Å². The van der Waals surface area contributed by atoms with Gasteiger partial charge in [0.2, 0.25) is 0 Å². The van der Waals surface area contributed by atoms with Gasteiger partial charge in [0.1, 0.15) is 12.4 Å². The second-order valence-corrected chi connectivity index (χ2v) is 11.7. The molecule has 0 spiro atoms. The molecule has 2 aromatic rings. The third-order valence-electron chi connectivity index (χ3n) is 7.54. The molecule has 4 rings (SSSR count). The van der Waals surface area contributed by atoms with Crippen molar-refractivity contribution in [1.82, 2.24) is 10.2 Å². The Kier molecular flexibility index (Phi) is 10.3. The maximum Gasteiger partial charge on any atom is 0.259 e. The lowest BCUT2D eigenvalue weighted by Gasteiger charge is -2.35. The van der Waals surface area contributed by atoms with Crippen LogP contribution in [0.5, 0.6) is 17.2 Å². The van der Waals surface area contributed by atoms with Crippen LogP contribution in [0, 0.1) is 17.2 Å². The molecule has 2 atom stereocenters. The van der Waals surface area contributed by atoms with Gasteiger partial charge in [0, 0.05) is 37.5 Å². The number of ketones is 1. The average molecular weight is 637 g/mol. The van der Waals surface area contributed by atoms with Crippen molar-refractivity contribution < 1.29 is 23.8 Å². The lowest BCUT2D eigenvalue weighted by atomic mass is 9.72. The molecule has 2 aromatic carbocycles. The van der Waals surface area contributed by atoms with E-state index in [1.807, 2.05) is 44.2 Å². The largest absolute Gasteiger partial charge is 0.490 e. The Bertz CT molecular complexity index is 1460. The molecule has 0 saturated heterocycles. The molecule has 1 heterocycles. The number of carbonyl (C=O) groups is 2. The van der Waals surface area contributed by atoms with Crippen molar-refractivity contribution in [3.05, 3.63) is 74.5 Å². The number of hydrogen-bond donors (Lipinski definition) is 1. The summed E-state index contributed by atoms with van der Waals surface area (Å²) in [7, 11) is 3.37. The Morgan fingerprint density at radius 2 is 1.93 bits per heavy atom. The van der Waals surface area contributed by atoms with E-state index >= 15 is 0 Å². The summed E-state index contributed by atoms with van der Waals surface area (Å²) < 4.78 is 18.6. The van der Waals surface area contributed by atoms with Gasteiger partial charge in [-0.25, -0.2) is 0 Å². The number of benzene rings is 2. The molecule has 1 N–H and O–H groups in total. The van der Waals surface area contributed by atoms with Crippen LogP contribution in [0.1, 0.15) is 63.5 Å². The number of allylic oxidation sites excluding steroid dienone is 4. The van der Waals surface area contributed by atoms with Gasteiger partial charge in [-0.05, 0) is 83.9 Å². The number of likely N-dealkylation sites (N-methyl/N-ethyl adjacent to an activating group) is 1. The summed E-state index contributed by atoms with van der Waals surface area (Å²) in [6, 6.07) is 13.6. The molecule has 42 heavy (non-hydrogen) atoms. The maximum atomic E-state index is 13.5. The molecule has 2 aliphatic rings. The number of ether oxygens (including phenoxy) is 3. The molecule has 222 valence electrons. The van der Waals surface area contributed by atoms with E-state index in [4.69, 9.17) is 14.2 Å². The second kappa shape index (κ2) is 13.9. The first-order valence-corrected chi connectivity index (χ1v) is 15.1. The van der Waals surface area contributed by atoms with Gasteiger partial charge < -0.3 is 24.4 Å². The number of Topliss-reactive ketones (excluding diaryl/α,β-unsaturated/α-hetero) is 1. The van der Waals surface area contributed by atoms with Crippen molar-refractivity contribution in [3.8, 4) is 23.3 Å². The van der Waals surface area contributed by atoms with E-state index in [0.717, 1.165) is 41.8 Å². The fourth-order valence-electron chi connectivity index (χ4n) is 5.53. The molecule has 0 radical (unpaired) electrons. The molecule has 1 amide bonds. The number of nitrogens with one attached hydrogen (secondary N) is 1. The van der Waals surface area contributed by atoms with Gasteiger partial charge >= 0.3 is 0 Å². The first-order valence-electron chi connectivity index (χ1n) is 14.3. The van der Waals surface area contributed by atoms with Crippen molar-refractivity contribution in [1.29, 1.82) is 5.26 Å². The van der Waals surface area contributed by atoms with Crippen LogP contribution in [-0.4, -0.2) is 43.9 Å². The van der Waals surface area contributed by atoms with Gasteiger partial charge in [-0.1, -0.05) is 25.5 Å². The summed E-state index contributed by atoms with van der Waals surface area (Å²) >= 11 is 3.68. The maximum absolute atomic E-state index is 13.5. The zero-order valence-corrected chi connectivity index (χ0v) is 26.5. The highest BCUT2D eigenvalue weighted by Gasteiger charge is 2.39. The lowest BCUT2D eigenvalue weighted by molar-refractivity contribution is -0.130. The van der Waals surface area contributed by atoms with E-state index in [1.54, 1.807) is 20.2 Å². The van der Waals surface area contributed by atoms with Crippen LogP contribution in [0.15, 0.2) is 63.4 Å². The van der Waals surface area contributed by atoms with Crippen LogP contribution >= 0.6 is 15.9 Å². The number of carbonyl (C=O) groups excluding carboxylic acids is 2. The first kappa shape index (κ1) is 31.2. The quantitative estimate of drug-likeness (QED) is 0.304. The predicted molar refractivity (Wildman–Crippen MR) is 164 cm³/mol. The topological polar surface area (TPSA) is 101 Å². The minimum absolute atomic E-state index is 0.0476. The van der Waals surface area contributed by atoms with Crippen molar-refractivity contribution in [2.75, 3.05) is 27.3 Å². The molecule has 0 aromatic heterocycles. The van der Waals surface area contributed by atoms with Crippen molar-refractivity contribution in [3.63, 3.8) is 0 Å². The van der Waals surface area contributed by atoms with Crippen molar-refractivity contribution >= 4 is 27.6 Å². The summed E-state index contributed by atoms with van der Waals surface area (Å²) in [4.78, 5) is 26.9. The summed E-state index contributed by atoms with van der Waals surface area (Å²) in [6.45, 7) is 6.53. The third kappa shape index (κ3) is 6.99. The zero-order chi connectivity index (χ0) is 30.4. The number of amides is 1. The fraction of sp³-hybridized carbons (Fsp3) is 0.424. The molecular weight excluding hydrogens is 598 g/mol. The van der Waals surface area contributed by atoms with Crippen LogP contribution in [0.2, 0.25) is 0 Å². The van der Waals surface area contributed by atoms with E-state index in [9.17, 15) is 14.9 Å². The summed E-state index contributed by atoms with van der Waals surface area (Å²) in [6.07, 6.45) is 3.32. The Labute approximate surface area is 256 Å². The molecule has 0 bridgehead atoms. The molecule has 9 heteroatoms. The number of nitriles is 1. The summed E-state index contributed by atoms with van der Waals surface area (Å²) in [5, 5.41) is 13.5. The van der Waals surface area contributed by atoms with Gasteiger partial charge in [0.25, 0.3) is 5.91 Å². The van der Waals surface area contributed by atoms with Crippen LogP contribution in [0.25, 0.3) is 0 Å². The minimum Gasteiger partial charge on any atom is -0.490 e. The van der Waals surface area contributed by atoms with Crippen molar-refractivity contribution in [2.24, 2.45) is 5.92 Å². The molecule has 2 unspecified atom stereocenters. The zero-order valence-electron chi connectivity index (χ0n) is 24.9. The van der Waals surface area contributed by atoms with Gasteiger partial charge in [-0.15, -0.1) is 0 Å². The van der Waals surface area contributed by atoms with Crippen molar-refractivity contribution in [2.45, 2.75) is 59.0 Å². The number of rotatable bonds is 11. The lowest BCUT2D eigenvalue weighted by Crippen LogP contribution is -2.34. The Morgan fingerprint density at radius 3 is 2.62 bits per heavy atom. The monoisotopic (exact) mass is 635 g/mol. The molecule has 8 nitrogen and oxygen atoms in total. The predicted octanol–water partition coefficient (Wildman–Crippen LogP) is 6.41. The van der Waals surface area contributed by atoms with E-state index in [2.05, 4.69) is 34.2 Å². The number of halogens is 1. The second-order valence-electron chi connectivity index (χ2n) is 10.9. The Balaban J connectivity index is 1.63. The molecule has 1 aliphatic heterocycles. The first-order chi connectivity index (χ1) is 20.2. The van der Waals surface area contributed by atoms with E-state index in [-0.39, 0.29) is 24.9 Å². The van der Waals surface area contributed by atoms with Crippen LogP contribution in [0.4, 0.5) is 0 Å². The third-order valence-corrected chi connectivity index (χ3v) is 8.13. The SMILES string of the molecule is CCCC1CC(=O)C2=C(C1)NC(C)=C(C#N)C2c1cc(Br)c(OCc2cccc(OCC(=O)N(C)C)c2)c(OCC)c1. The summed E-state index contributed by atoms with van der Waals surface area (Å²) in [5.41, 5.74) is 4.56. The van der Waals surface area contributed by atoms with Gasteiger partial charge in [0.05, 0.1) is 28.6 Å². The molecular formula is C33H38BrN3O5. The highest BCUT2D eigenvalue weighted by molar-refractivity contribution is 9.10. The van der Waals surface area contributed by atoms with Crippen LogP contribution in [-0.2, 0) is 16.2 Å². The molecule has 0 fully saturated rings. The number of dihydropyridines is 1. The fourth-order valence-corrected chi connectivity index (χ4v) is 6.10. The van der Waals surface area contributed by atoms with Crippen LogP contribution < -0.4 is 19.5 Å². The Morgan fingerprint density at radius 1 is 1.14 bits per heavy atom. The van der Waals surface area contributed by atoms with E-state index in [1.165, 1.54) is 4.90 Å². The minimum atomic E-state index is -0.482. The Hall–Kier alpha value is -3.77. The molecule has 1 aliphatic carbocycles. The summed E-state index contributed by atoms with van der Waals surface area (Å²) in [5.74, 6) is 1.42. The normalized spacial score (nSPS) is 18.2. The van der Waals surface area contributed by atoms with Crippen LogP contribution in [0.3, 0.4) is 0 Å². The van der Waals surface area contributed by atoms with Gasteiger partial charge in [-0.3, -0.25) is 9.59 Å². The highest BCUT2D eigenvalue weighted by atomic mass is 79.9. The standard InChI is InChI=1S/C33H38BrN3O5/c1-6-9-21-13-27-32(28(38)14-21)31(25(17-35)20(3)36-27)23-15-26(34)33(29(16-23)40-7-2)42-18-22-10-8-11-24(12-22)41-19-30(39)37(4)5/h8,10-12,15-16,21,31,36H,6-7,9,13-14,18-19H2,1-5H3. The molecule has 0 saturated carbocycles. The van der Waals surface area contributed by atoms with E-state index in [0.29, 0.717) is 51.8 Å².